The Morgan fingerprint density at radius 2 is 1.36 bits per heavy atom. The number of anilines is 2. The van der Waals surface area contributed by atoms with Crippen molar-refractivity contribution in [1.82, 2.24) is 0 Å². The van der Waals surface area contributed by atoms with Gasteiger partial charge >= 0.3 is 11.9 Å². The molecule has 190 valence electrons. The smallest absolute Gasteiger partial charge is 0.336 e. The topological polar surface area (TPSA) is 102 Å². The quantitative estimate of drug-likeness (QED) is 0.290. The van der Waals surface area contributed by atoms with Crippen molar-refractivity contribution < 1.29 is 24.0 Å². The first-order chi connectivity index (χ1) is 17.1. The van der Waals surface area contributed by atoms with Crippen LogP contribution in [0.3, 0.4) is 0 Å². The first kappa shape index (κ1) is 26.5. The Bertz CT molecular complexity index is 1170. The maximum Gasteiger partial charge on any atom is 0.336 e. The van der Waals surface area contributed by atoms with Crippen LogP contribution in [-0.4, -0.2) is 44.2 Å². The molecule has 0 bridgehead atoms. The zero-order chi connectivity index (χ0) is 26.6. The number of hydrogen-bond donors (Lipinski definition) is 0. The van der Waals surface area contributed by atoms with Crippen LogP contribution >= 0.6 is 0 Å². The lowest BCUT2D eigenvalue weighted by molar-refractivity contribution is -0.384. The molecule has 0 amide bonds. The molecule has 0 aliphatic carbocycles. The Balaban J connectivity index is 2.28. The molecular weight excluding hydrogens is 462 g/mol. The molecule has 0 N–H and O–H groups in total. The number of esters is 2. The molecule has 9 nitrogen and oxygen atoms in total. The molecule has 0 saturated heterocycles. The third kappa shape index (κ3) is 5.10. The van der Waals surface area contributed by atoms with Crippen molar-refractivity contribution in [1.29, 1.82) is 0 Å². The average molecular weight is 494 g/mol. The second-order valence-electron chi connectivity index (χ2n) is 8.47. The Morgan fingerprint density at radius 1 is 0.889 bits per heavy atom. The second kappa shape index (κ2) is 11.1. The van der Waals surface area contributed by atoms with E-state index < -0.39 is 22.8 Å². The summed E-state index contributed by atoms with van der Waals surface area (Å²) in [5.41, 5.74) is 3.97. The summed E-state index contributed by atoms with van der Waals surface area (Å²) < 4.78 is 10.8. The fourth-order valence-corrected chi connectivity index (χ4v) is 4.41. The number of carbonyl (C=O) groups excluding carboxylic acids is 2. The van der Waals surface area contributed by atoms with E-state index >= 15 is 0 Å². The monoisotopic (exact) mass is 493 g/mol. The maximum absolute atomic E-state index is 13.3. The SMILES string of the molecule is CCOC(=O)C1=C(C)N(c2ccc(N(C)C)cc2)C(C)=C(C(=O)OCC)C1c1ccc([N+](=O)[O-])cc1. The van der Waals surface area contributed by atoms with Gasteiger partial charge in [0.15, 0.2) is 0 Å². The third-order valence-electron chi connectivity index (χ3n) is 6.08. The highest BCUT2D eigenvalue weighted by Gasteiger charge is 2.41. The molecule has 0 radical (unpaired) electrons. The first-order valence-corrected chi connectivity index (χ1v) is 11.7. The summed E-state index contributed by atoms with van der Waals surface area (Å²) >= 11 is 0. The molecule has 0 fully saturated rings. The molecule has 1 heterocycles. The standard InChI is InChI=1S/C27H31N3O6/c1-7-35-26(31)23-17(3)29(21-15-13-20(14-16-21)28(5)6)18(4)24(27(32)36-8-2)25(23)19-9-11-22(12-10-19)30(33)34/h9-16,25H,7-8H2,1-6H3. The summed E-state index contributed by atoms with van der Waals surface area (Å²) in [7, 11) is 3.89. The summed E-state index contributed by atoms with van der Waals surface area (Å²) in [6, 6.07) is 13.6. The van der Waals surface area contributed by atoms with E-state index in [1.807, 2.05) is 48.2 Å². The van der Waals surface area contributed by atoms with Gasteiger partial charge in [-0.15, -0.1) is 0 Å². The van der Waals surface area contributed by atoms with E-state index in [0.717, 1.165) is 11.4 Å². The Morgan fingerprint density at radius 3 is 1.75 bits per heavy atom. The lowest BCUT2D eigenvalue weighted by Gasteiger charge is -2.38. The normalized spacial score (nSPS) is 14.1. The van der Waals surface area contributed by atoms with Crippen molar-refractivity contribution in [2.45, 2.75) is 33.6 Å². The number of ether oxygens (including phenoxy) is 2. The highest BCUT2D eigenvalue weighted by molar-refractivity contribution is 6.01. The predicted octanol–water partition coefficient (Wildman–Crippen LogP) is 4.94. The molecule has 2 aromatic carbocycles. The molecule has 0 aromatic heterocycles. The molecule has 0 atom stereocenters. The van der Waals surface area contributed by atoms with Crippen molar-refractivity contribution in [3.8, 4) is 0 Å². The van der Waals surface area contributed by atoms with E-state index in [1.165, 1.54) is 12.1 Å². The fraction of sp³-hybridized carbons (Fsp3) is 0.333. The summed E-state index contributed by atoms with van der Waals surface area (Å²) in [6.45, 7) is 7.33. The van der Waals surface area contributed by atoms with Gasteiger partial charge in [-0.2, -0.15) is 0 Å². The van der Waals surface area contributed by atoms with Gasteiger partial charge in [0.2, 0.25) is 0 Å². The second-order valence-corrected chi connectivity index (χ2v) is 8.47. The molecule has 1 aliphatic rings. The van der Waals surface area contributed by atoms with Crippen LogP contribution < -0.4 is 9.80 Å². The zero-order valence-electron chi connectivity index (χ0n) is 21.4. The summed E-state index contributed by atoms with van der Waals surface area (Å²) in [6.07, 6.45) is 0. The highest BCUT2D eigenvalue weighted by atomic mass is 16.6. The Kier molecular flexibility index (Phi) is 8.14. The largest absolute Gasteiger partial charge is 0.463 e. The number of hydrogen-bond acceptors (Lipinski definition) is 8. The third-order valence-corrected chi connectivity index (χ3v) is 6.08. The number of nitro groups is 1. The van der Waals surface area contributed by atoms with Crippen molar-refractivity contribution in [2.75, 3.05) is 37.1 Å². The fourth-order valence-electron chi connectivity index (χ4n) is 4.41. The summed E-state index contributed by atoms with van der Waals surface area (Å²) in [4.78, 5) is 41.2. The van der Waals surface area contributed by atoms with Crippen LogP contribution in [-0.2, 0) is 19.1 Å². The van der Waals surface area contributed by atoms with Gasteiger partial charge in [-0.25, -0.2) is 9.59 Å². The number of allylic oxidation sites excluding steroid dienone is 2. The molecule has 36 heavy (non-hydrogen) atoms. The van der Waals surface area contributed by atoms with Gasteiger partial charge in [0.1, 0.15) is 0 Å². The van der Waals surface area contributed by atoms with Crippen molar-refractivity contribution in [3.05, 3.63) is 86.7 Å². The molecule has 9 heteroatoms. The van der Waals surface area contributed by atoms with Crippen LogP contribution in [0.5, 0.6) is 0 Å². The van der Waals surface area contributed by atoms with Crippen LogP contribution in [0, 0.1) is 10.1 Å². The van der Waals surface area contributed by atoms with E-state index in [4.69, 9.17) is 9.47 Å². The minimum Gasteiger partial charge on any atom is -0.463 e. The molecular formula is C27H31N3O6. The summed E-state index contributed by atoms with van der Waals surface area (Å²) in [5, 5.41) is 11.2. The maximum atomic E-state index is 13.3. The van der Waals surface area contributed by atoms with Gasteiger partial charge in [-0.05, 0) is 57.5 Å². The molecule has 3 rings (SSSR count). The van der Waals surface area contributed by atoms with Crippen molar-refractivity contribution in [3.63, 3.8) is 0 Å². The number of carbonyl (C=O) groups is 2. The van der Waals surface area contributed by atoms with Crippen molar-refractivity contribution >= 4 is 29.0 Å². The highest BCUT2D eigenvalue weighted by Crippen LogP contribution is 2.45. The van der Waals surface area contributed by atoms with E-state index in [1.54, 1.807) is 39.8 Å². The number of benzene rings is 2. The van der Waals surface area contributed by atoms with Crippen LogP contribution in [0.25, 0.3) is 0 Å². The zero-order valence-corrected chi connectivity index (χ0v) is 21.4. The lowest BCUT2D eigenvalue weighted by atomic mass is 9.79. The Labute approximate surface area is 210 Å². The summed E-state index contributed by atoms with van der Waals surface area (Å²) in [5.74, 6) is -1.95. The average Bonchev–Trinajstić information content (AvgIpc) is 2.84. The van der Waals surface area contributed by atoms with Crippen LogP contribution in [0.1, 0.15) is 39.2 Å². The van der Waals surface area contributed by atoms with Crippen LogP contribution in [0.4, 0.5) is 17.1 Å². The number of nitrogens with zero attached hydrogens (tertiary/aromatic N) is 3. The van der Waals surface area contributed by atoms with Gasteiger partial charge in [0, 0.05) is 49.0 Å². The van der Waals surface area contributed by atoms with E-state index in [-0.39, 0.29) is 30.0 Å². The predicted molar refractivity (Wildman–Crippen MR) is 138 cm³/mol. The van der Waals surface area contributed by atoms with Crippen LogP contribution in [0.15, 0.2) is 71.1 Å². The lowest BCUT2D eigenvalue weighted by Crippen LogP contribution is -2.35. The molecule has 0 unspecified atom stereocenters. The minimum atomic E-state index is -0.818. The van der Waals surface area contributed by atoms with Gasteiger partial charge in [0.05, 0.1) is 35.2 Å². The first-order valence-electron chi connectivity index (χ1n) is 11.7. The van der Waals surface area contributed by atoms with Gasteiger partial charge < -0.3 is 19.3 Å². The minimum absolute atomic E-state index is 0.0889. The number of rotatable bonds is 8. The van der Waals surface area contributed by atoms with Gasteiger partial charge in [-0.1, -0.05) is 12.1 Å². The van der Waals surface area contributed by atoms with Crippen LogP contribution in [0.2, 0.25) is 0 Å². The number of non-ortho nitro benzene ring substituents is 1. The molecule has 0 spiro atoms. The van der Waals surface area contributed by atoms with E-state index in [9.17, 15) is 19.7 Å². The molecule has 1 aliphatic heterocycles. The van der Waals surface area contributed by atoms with E-state index in [0.29, 0.717) is 17.0 Å². The van der Waals surface area contributed by atoms with Gasteiger partial charge in [-0.3, -0.25) is 10.1 Å². The van der Waals surface area contributed by atoms with E-state index in [2.05, 4.69) is 0 Å². The van der Waals surface area contributed by atoms with Crippen molar-refractivity contribution in [2.24, 2.45) is 0 Å². The Hall–Kier alpha value is -4.14. The number of nitro benzene ring substituents is 1. The van der Waals surface area contributed by atoms with Gasteiger partial charge in [0.25, 0.3) is 5.69 Å². The molecule has 2 aromatic rings. The molecule has 0 saturated carbocycles.